The molecular weight excluding hydrogens is 816 g/mol. The van der Waals surface area contributed by atoms with E-state index in [1.54, 1.807) is 24.3 Å². The predicted octanol–water partition coefficient (Wildman–Crippen LogP) is 15.9. The maximum absolute atomic E-state index is 14.3. The van der Waals surface area contributed by atoms with Gasteiger partial charge in [0.15, 0.2) is 6.10 Å². The summed E-state index contributed by atoms with van der Waals surface area (Å²) in [7, 11) is -4.00. The Hall–Kier alpha value is -1.31. The average molecular weight is 905 g/mol. The summed E-state index contributed by atoms with van der Waals surface area (Å²) in [6.45, 7) is 4.45. The summed E-state index contributed by atoms with van der Waals surface area (Å²) < 4.78 is 39.1. The van der Waals surface area contributed by atoms with Crippen LogP contribution in [0.5, 0.6) is 5.75 Å². The van der Waals surface area contributed by atoms with E-state index in [9.17, 15) is 14.2 Å². The van der Waals surface area contributed by atoms with Crippen molar-refractivity contribution in [1.82, 2.24) is 4.67 Å². The van der Waals surface area contributed by atoms with Gasteiger partial charge in [0.2, 0.25) is 0 Å². The van der Waals surface area contributed by atoms with Gasteiger partial charge in [0.25, 0.3) is 0 Å². The first kappa shape index (κ1) is 56.7. The number of carbonyl (C=O) groups excluding carboxylic acids is 2. The Balaban J connectivity index is 2.54. The number of rotatable bonds is 45. The molecule has 0 N–H and O–H groups in total. The van der Waals surface area contributed by atoms with Crippen molar-refractivity contribution < 1.29 is 32.7 Å². The molecule has 60 heavy (non-hydrogen) atoms. The lowest BCUT2D eigenvalue weighted by molar-refractivity contribution is -0.161. The third-order valence-corrected chi connectivity index (χ3v) is 13.5. The van der Waals surface area contributed by atoms with Crippen LogP contribution in [0.2, 0.25) is 0 Å². The Morgan fingerprint density at radius 1 is 0.533 bits per heavy atom. The number of unbranched alkanes of at least 4 members (excludes halogenated alkanes) is 28. The van der Waals surface area contributed by atoms with Gasteiger partial charge in [-0.15, -0.1) is 23.2 Å². The molecule has 0 heterocycles. The zero-order valence-electron chi connectivity index (χ0n) is 38.3. The average Bonchev–Trinajstić information content (AvgIpc) is 3.24. The molecule has 0 aliphatic heterocycles. The Kier molecular flexibility index (Phi) is 39.4. The van der Waals surface area contributed by atoms with Gasteiger partial charge >= 0.3 is 19.7 Å². The van der Waals surface area contributed by atoms with Gasteiger partial charge in [0, 0.05) is 37.7 Å². The van der Waals surface area contributed by atoms with Crippen molar-refractivity contribution in [2.45, 2.75) is 225 Å². The lowest BCUT2D eigenvalue weighted by Crippen LogP contribution is -2.33. The number of carbonyl (C=O) groups is 2. The molecule has 11 heteroatoms. The molecule has 0 unspecified atom stereocenters. The van der Waals surface area contributed by atoms with Crippen LogP contribution in [0, 0.1) is 0 Å². The first-order valence-corrected chi connectivity index (χ1v) is 27.2. The molecule has 1 rings (SSSR count). The van der Waals surface area contributed by atoms with E-state index in [1.807, 2.05) is 6.07 Å². The van der Waals surface area contributed by atoms with E-state index in [-0.39, 0.29) is 50.5 Å². The molecule has 1 aromatic rings. The van der Waals surface area contributed by atoms with Crippen molar-refractivity contribution in [3.63, 3.8) is 0 Å². The summed E-state index contributed by atoms with van der Waals surface area (Å²) in [5.41, 5.74) is 0. The summed E-state index contributed by atoms with van der Waals surface area (Å²) in [5.74, 6) is -0.0307. The molecule has 0 aliphatic rings. The quantitative estimate of drug-likeness (QED) is 0.0277. The van der Waals surface area contributed by atoms with Crippen LogP contribution in [0.4, 0.5) is 0 Å². The molecule has 2 atom stereocenters. The van der Waals surface area contributed by atoms with Gasteiger partial charge < -0.3 is 14.0 Å². The van der Waals surface area contributed by atoms with Crippen molar-refractivity contribution in [3.8, 4) is 5.75 Å². The minimum Gasteiger partial charge on any atom is -0.462 e. The second-order valence-corrected chi connectivity index (χ2v) is 19.4. The van der Waals surface area contributed by atoms with E-state index in [4.69, 9.17) is 41.7 Å². The number of ether oxygens (including phenoxy) is 2. The highest BCUT2D eigenvalue weighted by Gasteiger charge is 2.36. The van der Waals surface area contributed by atoms with Gasteiger partial charge in [0.05, 0.1) is 6.61 Å². The molecule has 0 saturated carbocycles. The highest BCUT2D eigenvalue weighted by molar-refractivity contribution is 7.51. The summed E-state index contributed by atoms with van der Waals surface area (Å²) in [6, 6.07) is 8.74. The number of halogens is 2. The van der Waals surface area contributed by atoms with Crippen LogP contribution in [0.3, 0.4) is 0 Å². The van der Waals surface area contributed by atoms with Crippen LogP contribution in [-0.2, 0) is 28.2 Å². The van der Waals surface area contributed by atoms with Crippen molar-refractivity contribution in [2.75, 3.05) is 38.1 Å². The Labute approximate surface area is 378 Å². The Bertz CT molecular complexity index is 1160. The van der Waals surface area contributed by atoms with E-state index in [1.165, 1.54) is 159 Å². The number of alkyl halides is 2. The Morgan fingerprint density at radius 2 is 0.900 bits per heavy atom. The predicted molar refractivity (Wildman–Crippen MR) is 254 cm³/mol. The standard InChI is InChI=1S/C49H88Cl2NO7P/c1-3-5-7-9-11-13-15-17-19-21-23-25-27-29-34-38-48(53)56-44-47(45-57-60(55,52(42-40-50)43-41-51)59-46-36-32-31-33-37-46)58-49(54)39-35-30-28-26-24-22-20-18-16-14-12-10-8-6-4-2/h31-33,36-37,47H,3-30,34-35,38-45H2,1-2H3/t47-,60+/m1/s1. The van der Waals surface area contributed by atoms with E-state index in [2.05, 4.69) is 13.8 Å². The van der Waals surface area contributed by atoms with Crippen molar-refractivity contribution in [3.05, 3.63) is 30.3 Å². The summed E-state index contributed by atoms with van der Waals surface area (Å²) in [4.78, 5) is 25.8. The number of esters is 2. The summed E-state index contributed by atoms with van der Waals surface area (Å²) in [5, 5.41) is 0. The fraction of sp³-hybridized carbons (Fsp3) is 0.837. The van der Waals surface area contributed by atoms with E-state index in [0.29, 0.717) is 12.2 Å². The first-order valence-electron chi connectivity index (χ1n) is 24.6. The first-order chi connectivity index (χ1) is 29.4. The second kappa shape index (κ2) is 41.7. The zero-order chi connectivity index (χ0) is 43.6. The summed E-state index contributed by atoms with van der Waals surface area (Å²) in [6.07, 6.45) is 37.1. The van der Waals surface area contributed by atoms with Gasteiger partial charge in [-0.05, 0) is 25.0 Å². The van der Waals surface area contributed by atoms with Crippen LogP contribution in [0.25, 0.3) is 0 Å². The van der Waals surface area contributed by atoms with Crippen molar-refractivity contribution in [1.29, 1.82) is 0 Å². The fourth-order valence-corrected chi connectivity index (χ4v) is 9.82. The van der Waals surface area contributed by atoms with Crippen molar-refractivity contribution >= 4 is 42.9 Å². The van der Waals surface area contributed by atoms with Gasteiger partial charge in [-0.1, -0.05) is 212 Å². The maximum atomic E-state index is 14.3. The van der Waals surface area contributed by atoms with Gasteiger partial charge in [0.1, 0.15) is 12.4 Å². The second-order valence-electron chi connectivity index (χ2n) is 16.7. The number of hydrogen-bond donors (Lipinski definition) is 0. The van der Waals surface area contributed by atoms with E-state index in [0.717, 1.165) is 38.5 Å². The molecule has 0 spiro atoms. The molecular formula is C49H88Cl2NO7P. The van der Waals surface area contributed by atoms with Gasteiger partial charge in [-0.2, -0.15) is 4.67 Å². The largest absolute Gasteiger partial charge is 0.462 e. The summed E-state index contributed by atoms with van der Waals surface area (Å²) >= 11 is 12.1. The number of benzene rings is 1. The maximum Gasteiger partial charge on any atom is 0.461 e. The van der Waals surface area contributed by atoms with E-state index >= 15 is 0 Å². The SMILES string of the molecule is CCCCCCCCCCCCCCCCCC(=O)OC[C@H](CO[P@](=O)(Oc1ccccc1)N(CCCl)CCCl)OC(=O)CCCCCCCCCCCCCCCCC. The molecule has 0 amide bonds. The molecule has 0 bridgehead atoms. The molecule has 0 aromatic heterocycles. The smallest absolute Gasteiger partial charge is 0.461 e. The Morgan fingerprint density at radius 3 is 1.28 bits per heavy atom. The molecule has 350 valence electrons. The number of nitrogens with zero attached hydrogens (tertiary/aromatic N) is 1. The van der Waals surface area contributed by atoms with Crippen LogP contribution < -0.4 is 4.52 Å². The zero-order valence-corrected chi connectivity index (χ0v) is 40.7. The van der Waals surface area contributed by atoms with Crippen LogP contribution in [0.1, 0.15) is 219 Å². The molecule has 0 saturated heterocycles. The van der Waals surface area contributed by atoms with E-state index < -0.39 is 19.8 Å². The topological polar surface area (TPSA) is 91.4 Å². The number of hydrogen-bond acceptors (Lipinski definition) is 7. The minimum absolute atomic E-state index is 0.178. The van der Waals surface area contributed by atoms with Crippen LogP contribution in [0.15, 0.2) is 30.3 Å². The number of para-hydroxylation sites is 1. The lowest BCUT2D eigenvalue weighted by Gasteiger charge is -2.30. The van der Waals surface area contributed by atoms with Crippen LogP contribution >= 0.6 is 30.9 Å². The molecule has 1 aromatic carbocycles. The molecule has 0 fully saturated rings. The minimum atomic E-state index is -4.00. The van der Waals surface area contributed by atoms with Gasteiger partial charge in [-0.25, -0.2) is 4.57 Å². The third-order valence-electron chi connectivity index (χ3n) is 11.1. The molecule has 0 aliphatic carbocycles. The lowest BCUT2D eigenvalue weighted by atomic mass is 10.0. The third kappa shape index (κ3) is 33.3. The molecule has 8 nitrogen and oxygen atoms in total. The normalized spacial score (nSPS) is 13.0. The fourth-order valence-electron chi connectivity index (χ4n) is 7.41. The highest BCUT2D eigenvalue weighted by atomic mass is 35.5. The van der Waals surface area contributed by atoms with Gasteiger partial charge in [-0.3, -0.25) is 14.1 Å². The highest BCUT2D eigenvalue weighted by Crippen LogP contribution is 2.52. The monoisotopic (exact) mass is 904 g/mol. The molecule has 0 radical (unpaired) electrons. The van der Waals surface area contributed by atoms with Crippen molar-refractivity contribution in [2.24, 2.45) is 0 Å². The van der Waals surface area contributed by atoms with Crippen LogP contribution in [-0.4, -0.2) is 60.8 Å².